The molecular weight excluding hydrogens is 340 g/mol. The Balaban J connectivity index is 1.59. The molecule has 0 saturated carbocycles. The molecule has 5 nitrogen and oxygen atoms in total. The molecule has 5 heteroatoms. The number of ether oxygens (including phenoxy) is 1. The molecule has 0 aliphatic heterocycles. The van der Waals surface area contributed by atoms with Crippen LogP contribution in [0.1, 0.15) is 22.6 Å². The molecule has 2 aromatic carbocycles. The van der Waals surface area contributed by atoms with E-state index in [1.807, 2.05) is 62.4 Å². The Hall–Kier alpha value is -3.08. The summed E-state index contributed by atoms with van der Waals surface area (Å²) in [7, 11) is 1.65. The average molecular weight is 364 g/mol. The molecular formula is C22H24N2O3. The minimum Gasteiger partial charge on any atom is -0.496 e. The number of nitrogens with zero attached hydrogens (tertiary/aromatic N) is 1. The number of benzene rings is 2. The maximum Gasteiger partial charge on any atom is 0.226 e. The Morgan fingerprint density at radius 1 is 1.11 bits per heavy atom. The molecule has 0 radical (unpaired) electrons. The smallest absolute Gasteiger partial charge is 0.226 e. The quantitative estimate of drug-likeness (QED) is 0.691. The number of rotatable bonds is 7. The highest BCUT2D eigenvalue weighted by atomic mass is 16.5. The molecule has 0 saturated heterocycles. The average Bonchev–Trinajstić information content (AvgIpc) is 3.02. The summed E-state index contributed by atoms with van der Waals surface area (Å²) in [6.45, 7) is 4.39. The van der Waals surface area contributed by atoms with Crippen molar-refractivity contribution in [3.8, 4) is 17.2 Å². The Morgan fingerprint density at radius 2 is 1.85 bits per heavy atom. The van der Waals surface area contributed by atoms with Gasteiger partial charge < -0.3 is 14.5 Å². The number of para-hydroxylation sites is 1. The van der Waals surface area contributed by atoms with E-state index in [9.17, 15) is 4.79 Å². The molecule has 0 bridgehead atoms. The van der Waals surface area contributed by atoms with Crippen molar-refractivity contribution in [3.05, 3.63) is 71.1 Å². The van der Waals surface area contributed by atoms with Gasteiger partial charge in [-0.2, -0.15) is 0 Å². The van der Waals surface area contributed by atoms with Crippen LogP contribution >= 0.6 is 0 Å². The van der Waals surface area contributed by atoms with Gasteiger partial charge in [0.25, 0.3) is 0 Å². The summed E-state index contributed by atoms with van der Waals surface area (Å²) in [5.41, 5.74) is 3.78. The summed E-state index contributed by atoms with van der Waals surface area (Å²) in [4.78, 5) is 16.8. The van der Waals surface area contributed by atoms with E-state index in [4.69, 9.17) is 9.15 Å². The zero-order valence-electron chi connectivity index (χ0n) is 15.9. The van der Waals surface area contributed by atoms with Crippen molar-refractivity contribution in [1.29, 1.82) is 0 Å². The van der Waals surface area contributed by atoms with Gasteiger partial charge in [0.05, 0.1) is 19.2 Å². The summed E-state index contributed by atoms with van der Waals surface area (Å²) in [5.74, 6) is 2.00. The van der Waals surface area contributed by atoms with Crippen LogP contribution in [-0.4, -0.2) is 24.5 Å². The molecule has 1 heterocycles. The molecule has 0 atom stereocenters. The van der Waals surface area contributed by atoms with Crippen LogP contribution in [0.2, 0.25) is 0 Å². The third-order valence-electron chi connectivity index (χ3n) is 4.51. The van der Waals surface area contributed by atoms with E-state index in [-0.39, 0.29) is 12.3 Å². The Labute approximate surface area is 159 Å². The minimum absolute atomic E-state index is 0.0716. The lowest BCUT2D eigenvalue weighted by Gasteiger charge is -2.08. The first kappa shape index (κ1) is 18.7. The van der Waals surface area contributed by atoms with Crippen molar-refractivity contribution >= 4 is 5.91 Å². The zero-order valence-corrected chi connectivity index (χ0v) is 15.9. The summed E-state index contributed by atoms with van der Waals surface area (Å²) >= 11 is 0. The highest BCUT2D eigenvalue weighted by Crippen LogP contribution is 2.25. The van der Waals surface area contributed by atoms with Crippen LogP contribution in [0.3, 0.4) is 0 Å². The lowest BCUT2D eigenvalue weighted by Crippen LogP contribution is -2.27. The summed E-state index contributed by atoms with van der Waals surface area (Å²) in [6.07, 6.45) is 0.912. The van der Waals surface area contributed by atoms with Gasteiger partial charge in [0, 0.05) is 12.1 Å². The van der Waals surface area contributed by atoms with Crippen molar-refractivity contribution in [1.82, 2.24) is 10.3 Å². The highest BCUT2D eigenvalue weighted by Gasteiger charge is 2.15. The first-order valence-electron chi connectivity index (χ1n) is 8.99. The fraction of sp³-hybridized carbons (Fsp3) is 0.273. The van der Waals surface area contributed by atoms with E-state index in [0.717, 1.165) is 22.4 Å². The van der Waals surface area contributed by atoms with Crippen LogP contribution in [0, 0.1) is 13.8 Å². The first-order valence-corrected chi connectivity index (χ1v) is 8.99. The van der Waals surface area contributed by atoms with Crippen molar-refractivity contribution in [2.75, 3.05) is 13.7 Å². The van der Waals surface area contributed by atoms with Gasteiger partial charge in [-0.15, -0.1) is 0 Å². The third kappa shape index (κ3) is 4.56. The number of carbonyl (C=O) groups is 1. The van der Waals surface area contributed by atoms with E-state index < -0.39 is 0 Å². The Kier molecular flexibility index (Phi) is 5.91. The number of amides is 1. The molecule has 1 N–H and O–H groups in total. The largest absolute Gasteiger partial charge is 0.496 e. The number of carbonyl (C=O) groups excluding carboxylic acids is 1. The van der Waals surface area contributed by atoms with Gasteiger partial charge in [0.1, 0.15) is 11.5 Å². The van der Waals surface area contributed by atoms with Crippen LogP contribution in [0.4, 0.5) is 0 Å². The molecule has 3 rings (SSSR count). The van der Waals surface area contributed by atoms with E-state index >= 15 is 0 Å². The van der Waals surface area contributed by atoms with Gasteiger partial charge in [-0.25, -0.2) is 4.98 Å². The molecule has 0 spiro atoms. The molecule has 27 heavy (non-hydrogen) atoms. The molecule has 0 unspecified atom stereocenters. The predicted molar refractivity (Wildman–Crippen MR) is 105 cm³/mol. The van der Waals surface area contributed by atoms with Gasteiger partial charge in [-0.3, -0.25) is 4.79 Å². The fourth-order valence-corrected chi connectivity index (χ4v) is 2.98. The van der Waals surface area contributed by atoms with E-state index in [0.29, 0.717) is 30.3 Å². The van der Waals surface area contributed by atoms with Crippen LogP contribution in [0.5, 0.6) is 5.75 Å². The second kappa shape index (κ2) is 8.54. The number of hydrogen-bond acceptors (Lipinski definition) is 4. The molecule has 3 aromatic rings. The van der Waals surface area contributed by atoms with Crippen molar-refractivity contribution < 1.29 is 13.9 Å². The number of methoxy groups -OCH3 is 1. The van der Waals surface area contributed by atoms with Gasteiger partial charge in [-0.05, 0) is 43.5 Å². The molecule has 140 valence electrons. The minimum atomic E-state index is -0.0716. The van der Waals surface area contributed by atoms with Gasteiger partial charge in [-0.1, -0.05) is 36.4 Å². The second-order valence-corrected chi connectivity index (χ2v) is 6.43. The Morgan fingerprint density at radius 3 is 2.63 bits per heavy atom. The van der Waals surface area contributed by atoms with Crippen LogP contribution in [0.25, 0.3) is 11.5 Å². The third-order valence-corrected chi connectivity index (χ3v) is 4.51. The highest BCUT2D eigenvalue weighted by molar-refractivity contribution is 5.78. The SMILES string of the molecule is COc1ccccc1CCNC(=O)Cc1nc(-c2ccccc2C)oc1C. The second-order valence-electron chi connectivity index (χ2n) is 6.43. The van der Waals surface area contributed by atoms with Crippen LogP contribution in [0.15, 0.2) is 52.9 Å². The van der Waals surface area contributed by atoms with E-state index in [2.05, 4.69) is 10.3 Å². The number of nitrogens with one attached hydrogen (secondary N) is 1. The van der Waals surface area contributed by atoms with Gasteiger partial charge >= 0.3 is 0 Å². The number of aryl methyl sites for hydroxylation is 2. The van der Waals surface area contributed by atoms with Crippen LogP contribution in [-0.2, 0) is 17.6 Å². The topological polar surface area (TPSA) is 64.4 Å². The lowest BCUT2D eigenvalue weighted by atomic mass is 10.1. The normalized spacial score (nSPS) is 10.6. The molecule has 0 fully saturated rings. The maximum atomic E-state index is 12.3. The number of hydrogen-bond donors (Lipinski definition) is 1. The van der Waals surface area contributed by atoms with Crippen molar-refractivity contribution in [3.63, 3.8) is 0 Å². The molecule has 1 amide bonds. The lowest BCUT2D eigenvalue weighted by molar-refractivity contribution is -0.120. The first-order chi connectivity index (χ1) is 13.1. The fourth-order valence-electron chi connectivity index (χ4n) is 2.98. The van der Waals surface area contributed by atoms with Crippen molar-refractivity contribution in [2.45, 2.75) is 26.7 Å². The van der Waals surface area contributed by atoms with Crippen molar-refractivity contribution in [2.24, 2.45) is 0 Å². The number of oxazole rings is 1. The van der Waals surface area contributed by atoms with Gasteiger partial charge in [0.2, 0.25) is 11.8 Å². The Bertz CT molecular complexity index is 931. The van der Waals surface area contributed by atoms with E-state index in [1.165, 1.54) is 0 Å². The molecule has 1 aromatic heterocycles. The zero-order chi connectivity index (χ0) is 19.2. The number of aromatic nitrogens is 1. The molecule has 0 aliphatic carbocycles. The summed E-state index contributed by atoms with van der Waals surface area (Å²) in [6, 6.07) is 15.7. The predicted octanol–water partition coefficient (Wildman–Crippen LogP) is 3.87. The van der Waals surface area contributed by atoms with Gasteiger partial charge in [0.15, 0.2) is 0 Å². The molecule has 0 aliphatic rings. The van der Waals surface area contributed by atoms with Crippen LogP contribution < -0.4 is 10.1 Å². The standard InChI is InChI=1S/C22H24N2O3/c1-15-8-4-6-10-18(15)22-24-19(16(2)27-22)14-21(25)23-13-12-17-9-5-7-11-20(17)26-3/h4-11H,12-14H2,1-3H3,(H,23,25). The maximum absolute atomic E-state index is 12.3. The summed E-state index contributed by atoms with van der Waals surface area (Å²) < 4.78 is 11.1. The monoisotopic (exact) mass is 364 g/mol. The summed E-state index contributed by atoms with van der Waals surface area (Å²) in [5, 5.41) is 2.94. The van der Waals surface area contributed by atoms with E-state index in [1.54, 1.807) is 7.11 Å².